The van der Waals surface area contributed by atoms with Crippen LogP contribution in [0.15, 0.2) is 29.3 Å². The van der Waals surface area contributed by atoms with E-state index in [2.05, 4.69) is 9.47 Å². The van der Waals surface area contributed by atoms with Crippen molar-refractivity contribution >= 4 is 22.8 Å². The smallest absolute Gasteiger partial charge is 0.190 e. The highest BCUT2D eigenvalue weighted by molar-refractivity contribution is 7.11. The Kier molecular flexibility index (Phi) is 6.82. The van der Waals surface area contributed by atoms with Crippen molar-refractivity contribution in [3.8, 4) is 5.75 Å². The highest BCUT2D eigenvalue weighted by atomic mass is 32.1. The minimum atomic E-state index is 0.0932. The molecule has 1 saturated heterocycles. The van der Waals surface area contributed by atoms with Gasteiger partial charge in [0, 0.05) is 38.8 Å². The third kappa shape index (κ3) is 5.06. The molecule has 1 aromatic heterocycles. The third-order valence-electron chi connectivity index (χ3n) is 4.73. The summed E-state index contributed by atoms with van der Waals surface area (Å²) in [5.74, 6) is 0.898. The van der Waals surface area contributed by atoms with Crippen LogP contribution < -0.4 is 9.54 Å². The topological polar surface area (TPSA) is 56.1 Å². The van der Waals surface area contributed by atoms with Crippen molar-refractivity contribution in [2.75, 3.05) is 40.0 Å². The first-order valence-electron chi connectivity index (χ1n) is 9.28. The Morgan fingerprint density at radius 2 is 1.93 bits per heavy atom. The van der Waals surface area contributed by atoms with Gasteiger partial charge in [0.1, 0.15) is 5.75 Å². The summed E-state index contributed by atoms with van der Waals surface area (Å²) < 4.78 is 12.8. The number of methoxy groups -OCH3 is 1. The molecule has 0 atom stereocenters. The highest BCUT2D eigenvalue weighted by Gasteiger charge is 2.15. The fraction of sp³-hybridized carbons (Fsp3) is 0.500. The molecule has 146 valence electrons. The van der Waals surface area contributed by atoms with Crippen molar-refractivity contribution in [1.82, 2.24) is 9.47 Å². The molecule has 0 saturated carbocycles. The Morgan fingerprint density at radius 3 is 2.56 bits per heavy atom. The zero-order chi connectivity index (χ0) is 19.2. The molecule has 7 heteroatoms. The molecule has 0 bridgehead atoms. The summed E-state index contributed by atoms with van der Waals surface area (Å²) in [4.78, 5) is 20.9. The van der Waals surface area contributed by atoms with E-state index in [-0.39, 0.29) is 5.78 Å². The van der Waals surface area contributed by atoms with Crippen molar-refractivity contribution in [2.24, 2.45) is 4.99 Å². The lowest BCUT2D eigenvalue weighted by Crippen LogP contribution is -2.37. The maximum atomic E-state index is 12.0. The summed E-state index contributed by atoms with van der Waals surface area (Å²) in [6.45, 7) is 9.13. The summed E-state index contributed by atoms with van der Waals surface area (Å²) in [6.07, 6.45) is 1.02. The predicted octanol–water partition coefficient (Wildman–Crippen LogP) is 3.02. The monoisotopic (exact) mass is 389 g/mol. The lowest BCUT2D eigenvalue weighted by Gasteiger charge is -2.26. The number of ether oxygens (including phenoxy) is 2. The predicted molar refractivity (Wildman–Crippen MR) is 107 cm³/mol. The molecule has 0 amide bonds. The number of nitrogens with zero attached hydrogens (tertiary/aromatic N) is 3. The Bertz CT molecular complexity index is 833. The number of carbonyl (C=O) groups excluding carboxylic acids is 1. The number of ketones is 1. The number of hydrogen-bond acceptors (Lipinski definition) is 6. The summed E-state index contributed by atoms with van der Waals surface area (Å²) in [7, 11) is 1.65. The Hall–Kier alpha value is -1.96. The lowest BCUT2D eigenvalue weighted by atomic mass is 10.3. The third-order valence-corrected chi connectivity index (χ3v) is 6.02. The van der Waals surface area contributed by atoms with Crippen LogP contribution >= 0.6 is 11.3 Å². The molecule has 0 spiro atoms. The fourth-order valence-electron chi connectivity index (χ4n) is 3.20. The molecular weight excluding hydrogens is 362 g/mol. The van der Waals surface area contributed by atoms with Gasteiger partial charge in [-0.3, -0.25) is 9.69 Å². The van der Waals surface area contributed by atoms with Gasteiger partial charge in [0.25, 0.3) is 0 Å². The van der Waals surface area contributed by atoms with Crippen molar-refractivity contribution < 1.29 is 14.3 Å². The van der Waals surface area contributed by atoms with E-state index in [0.29, 0.717) is 0 Å². The average Bonchev–Trinajstić information content (AvgIpc) is 2.99. The summed E-state index contributed by atoms with van der Waals surface area (Å²) in [6, 6.07) is 7.65. The first-order chi connectivity index (χ1) is 13.1. The summed E-state index contributed by atoms with van der Waals surface area (Å²) in [5.41, 5.74) is 1.86. The maximum absolute atomic E-state index is 12.0. The number of Topliss-reactive ketones (excluding diaryl/α,β-unsaturated/α-hetero) is 1. The van der Waals surface area contributed by atoms with Gasteiger partial charge in [-0.25, -0.2) is 4.99 Å². The van der Waals surface area contributed by atoms with Gasteiger partial charge in [0.2, 0.25) is 0 Å². The molecule has 6 nitrogen and oxygen atoms in total. The van der Waals surface area contributed by atoms with Gasteiger partial charge >= 0.3 is 0 Å². The number of aromatic nitrogens is 1. The molecule has 0 radical (unpaired) electrons. The maximum Gasteiger partial charge on any atom is 0.190 e. The molecule has 0 unspecified atom stereocenters. The molecule has 2 aromatic rings. The van der Waals surface area contributed by atoms with E-state index in [1.54, 1.807) is 14.0 Å². The van der Waals surface area contributed by atoms with Crippen molar-refractivity contribution in [3.05, 3.63) is 39.6 Å². The minimum absolute atomic E-state index is 0.0932. The van der Waals surface area contributed by atoms with E-state index in [1.807, 2.05) is 31.2 Å². The molecular formula is C20H27N3O3S. The van der Waals surface area contributed by atoms with Crippen molar-refractivity contribution in [2.45, 2.75) is 26.8 Å². The van der Waals surface area contributed by atoms with Gasteiger partial charge in [-0.05, 0) is 37.6 Å². The van der Waals surface area contributed by atoms with Crippen LogP contribution in [0.2, 0.25) is 0 Å². The summed E-state index contributed by atoms with van der Waals surface area (Å²) in [5, 5.41) is 0. The van der Waals surface area contributed by atoms with Crippen molar-refractivity contribution in [3.63, 3.8) is 0 Å². The van der Waals surface area contributed by atoms with Gasteiger partial charge in [-0.1, -0.05) is 11.3 Å². The zero-order valence-electron chi connectivity index (χ0n) is 16.2. The number of morpholine rings is 1. The molecule has 1 aromatic carbocycles. The van der Waals surface area contributed by atoms with Crippen LogP contribution in [-0.4, -0.2) is 55.2 Å². The quantitative estimate of drug-likeness (QED) is 0.683. The van der Waals surface area contributed by atoms with E-state index in [1.165, 1.54) is 11.3 Å². The second-order valence-corrected chi connectivity index (χ2v) is 7.60. The normalized spacial score (nSPS) is 15.9. The lowest BCUT2D eigenvalue weighted by molar-refractivity contribution is 0.0369. The van der Waals surface area contributed by atoms with Crippen LogP contribution in [0.25, 0.3) is 0 Å². The van der Waals surface area contributed by atoms with Crippen LogP contribution in [-0.2, 0) is 11.3 Å². The average molecular weight is 390 g/mol. The van der Waals surface area contributed by atoms with Gasteiger partial charge in [-0.15, -0.1) is 0 Å². The largest absolute Gasteiger partial charge is 0.497 e. The number of rotatable bonds is 7. The van der Waals surface area contributed by atoms with Gasteiger partial charge in [-0.2, -0.15) is 0 Å². The molecule has 1 aliphatic heterocycles. The first-order valence-corrected chi connectivity index (χ1v) is 10.1. The van der Waals surface area contributed by atoms with Crippen molar-refractivity contribution in [1.29, 1.82) is 0 Å². The van der Waals surface area contributed by atoms with Gasteiger partial charge in [0.15, 0.2) is 10.6 Å². The number of benzene rings is 1. The van der Waals surface area contributed by atoms with E-state index >= 15 is 0 Å². The second-order valence-electron chi connectivity index (χ2n) is 6.62. The summed E-state index contributed by atoms with van der Waals surface area (Å²) >= 11 is 1.47. The Labute approximate surface area is 164 Å². The standard InChI is InChI=1S/C20H27N3O3S/c1-15-19(16(2)24)27-20(21-17-5-7-18(25-3)8-6-17)23(15)10-4-9-22-11-13-26-14-12-22/h5-8H,4,9-14H2,1-3H3. The van der Waals surface area contributed by atoms with Gasteiger partial charge < -0.3 is 14.0 Å². The number of hydrogen-bond donors (Lipinski definition) is 0. The fourth-order valence-corrected chi connectivity index (χ4v) is 4.28. The van der Waals surface area contributed by atoms with Crippen LogP contribution in [0, 0.1) is 6.92 Å². The first kappa shape index (κ1) is 19.8. The Balaban J connectivity index is 1.81. The Morgan fingerprint density at radius 1 is 1.22 bits per heavy atom. The number of thiazole rings is 1. The van der Waals surface area contributed by atoms with E-state index in [9.17, 15) is 4.79 Å². The minimum Gasteiger partial charge on any atom is -0.497 e. The number of carbonyl (C=O) groups is 1. The van der Waals surface area contributed by atoms with Crippen LogP contribution in [0.5, 0.6) is 5.75 Å². The van der Waals surface area contributed by atoms with Crippen LogP contribution in [0.1, 0.15) is 28.7 Å². The zero-order valence-corrected chi connectivity index (χ0v) is 17.1. The van der Waals surface area contributed by atoms with Gasteiger partial charge in [0.05, 0.1) is 30.9 Å². The molecule has 2 heterocycles. The second kappa shape index (κ2) is 9.30. The molecule has 0 aliphatic carbocycles. The van der Waals surface area contributed by atoms with Crippen LogP contribution in [0.4, 0.5) is 5.69 Å². The molecule has 27 heavy (non-hydrogen) atoms. The molecule has 1 aliphatic rings. The van der Waals surface area contributed by atoms with E-state index in [0.717, 1.165) is 72.6 Å². The molecule has 3 rings (SSSR count). The molecule has 1 fully saturated rings. The molecule has 0 N–H and O–H groups in total. The van der Waals surface area contributed by atoms with Crippen LogP contribution in [0.3, 0.4) is 0 Å². The SMILES string of the molecule is COc1ccc(N=c2sc(C(C)=O)c(C)n2CCCN2CCOCC2)cc1. The van der Waals surface area contributed by atoms with E-state index in [4.69, 9.17) is 14.5 Å². The van der Waals surface area contributed by atoms with E-state index < -0.39 is 0 Å². The highest BCUT2D eigenvalue weighted by Crippen LogP contribution is 2.19.